The maximum atomic E-state index is 12.8. The zero-order chi connectivity index (χ0) is 26.6. The van der Waals surface area contributed by atoms with Crippen molar-refractivity contribution in [3.63, 3.8) is 0 Å². The van der Waals surface area contributed by atoms with Gasteiger partial charge in [-0.2, -0.15) is 0 Å². The predicted molar refractivity (Wildman–Crippen MR) is 146 cm³/mol. The molecule has 0 spiro atoms. The number of rotatable bonds is 5. The van der Waals surface area contributed by atoms with Crippen LogP contribution in [-0.4, -0.2) is 12.3 Å². The maximum absolute atomic E-state index is 12.8. The van der Waals surface area contributed by atoms with E-state index in [0.29, 0.717) is 44.5 Å². The summed E-state index contributed by atoms with van der Waals surface area (Å²) in [7, 11) is 0. The molecular formula is C32H26O6. The molecule has 38 heavy (non-hydrogen) atoms. The normalized spacial score (nSPS) is 10.8. The van der Waals surface area contributed by atoms with Gasteiger partial charge in [-0.3, -0.25) is 0 Å². The summed E-state index contributed by atoms with van der Waals surface area (Å²) in [4.78, 5) is 25.7. The van der Waals surface area contributed by atoms with Crippen molar-refractivity contribution in [1.29, 1.82) is 0 Å². The van der Waals surface area contributed by atoms with Gasteiger partial charge in [0.1, 0.15) is 23.0 Å². The van der Waals surface area contributed by atoms with Crippen molar-refractivity contribution in [3.05, 3.63) is 108 Å². The van der Waals surface area contributed by atoms with E-state index in [1.807, 2.05) is 75.4 Å². The Morgan fingerprint density at radius 1 is 0.553 bits per heavy atom. The van der Waals surface area contributed by atoms with Crippen molar-refractivity contribution >= 4 is 33.9 Å². The third-order valence-electron chi connectivity index (χ3n) is 6.21. The second kappa shape index (κ2) is 10.6. The topological polar surface area (TPSA) is 71.1 Å². The molecule has 0 aliphatic rings. The fraction of sp³-hybridized carbons (Fsp3) is 0.125. The monoisotopic (exact) mass is 506 g/mol. The lowest BCUT2D eigenvalue weighted by atomic mass is 9.98. The van der Waals surface area contributed by atoms with E-state index in [1.165, 1.54) is 0 Å². The molecule has 5 rings (SSSR count). The van der Waals surface area contributed by atoms with E-state index in [9.17, 15) is 9.59 Å². The average Bonchev–Trinajstić information content (AvgIpc) is 2.92. The highest BCUT2D eigenvalue weighted by Gasteiger charge is 2.22. The largest absolute Gasteiger partial charge is 0.519 e. The van der Waals surface area contributed by atoms with Gasteiger partial charge < -0.3 is 18.9 Å². The van der Waals surface area contributed by atoms with Crippen LogP contribution in [-0.2, 0) is 6.42 Å². The van der Waals surface area contributed by atoms with Crippen molar-refractivity contribution in [2.24, 2.45) is 0 Å². The molecule has 0 amide bonds. The lowest BCUT2D eigenvalue weighted by Crippen LogP contribution is -2.16. The fourth-order valence-electron chi connectivity index (χ4n) is 4.20. The third-order valence-corrected chi connectivity index (χ3v) is 6.21. The average molecular weight is 507 g/mol. The van der Waals surface area contributed by atoms with Crippen LogP contribution in [0.1, 0.15) is 23.6 Å². The molecule has 190 valence electrons. The zero-order valence-electron chi connectivity index (χ0n) is 21.3. The minimum absolute atomic E-state index is 0.314. The molecule has 0 unspecified atom stereocenters. The van der Waals surface area contributed by atoms with Crippen LogP contribution in [0.25, 0.3) is 21.5 Å². The first kappa shape index (κ1) is 24.8. The maximum Gasteiger partial charge on any atom is 0.519 e. The van der Waals surface area contributed by atoms with Gasteiger partial charge in [0.25, 0.3) is 0 Å². The van der Waals surface area contributed by atoms with Gasteiger partial charge in [0, 0.05) is 21.5 Å². The third kappa shape index (κ3) is 5.30. The lowest BCUT2D eigenvalue weighted by molar-refractivity contribution is 0.151. The highest BCUT2D eigenvalue weighted by molar-refractivity contribution is 6.12. The molecule has 6 nitrogen and oxygen atoms in total. The Kier molecular flexibility index (Phi) is 6.96. The highest BCUT2D eigenvalue weighted by atomic mass is 16.7. The molecule has 0 fully saturated rings. The molecule has 0 saturated carbocycles. The van der Waals surface area contributed by atoms with Crippen molar-refractivity contribution < 1.29 is 28.5 Å². The summed E-state index contributed by atoms with van der Waals surface area (Å²) >= 11 is 0. The summed E-state index contributed by atoms with van der Waals surface area (Å²) in [6.07, 6.45) is -0.969. The molecule has 0 saturated heterocycles. The number of carbonyl (C=O) groups excluding carboxylic acids is 2. The molecule has 0 atom stereocenters. The molecule has 0 aliphatic carbocycles. The van der Waals surface area contributed by atoms with Gasteiger partial charge in [0.05, 0.1) is 0 Å². The molecule has 6 heteroatoms. The van der Waals surface area contributed by atoms with Crippen LogP contribution in [0.15, 0.2) is 91.0 Å². The van der Waals surface area contributed by atoms with Gasteiger partial charge in [0.15, 0.2) is 0 Å². The predicted octanol–water partition coefficient (Wildman–Crippen LogP) is 8.33. The Labute approximate surface area is 220 Å². The van der Waals surface area contributed by atoms with Gasteiger partial charge in [-0.25, -0.2) is 9.59 Å². The Balaban J connectivity index is 1.56. The highest BCUT2D eigenvalue weighted by Crippen LogP contribution is 2.43. The number of fused-ring (bicyclic) bond motifs is 2. The first-order chi connectivity index (χ1) is 18.4. The number of benzene rings is 5. The van der Waals surface area contributed by atoms with E-state index in [0.717, 1.165) is 23.1 Å². The first-order valence-electron chi connectivity index (χ1n) is 12.3. The molecule has 5 aromatic carbocycles. The SMILES string of the molecule is CCc1ccc2c(OC(=O)Oc3ccc(C)cc3)c3ccccc3c(OC(=O)Oc3ccc(C)cc3)c2c1. The van der Waals surface area contributed by atoms with E-state index in [2.05, 4.69) is 0 Å². The van der Waals surface area contributed by atoms with Crippen molar-refractivity contribution in [3.8, 4) is 23.0 Å². The summed E-state index contributed by atoms with van der Waals surface area (Å²) in [5.74, 6) is 1.39. The molecular weight excluding hydrogens is 480 g/mol. The van der Waals surface area contributed by atoms with E-state index < -0.39 is 12.3 Å². The van der Waals surface area contributed by atoms with Crippen LogP contribution in [0.4, 0.5) is 9.59 Å². The molecule has 5 aromatic rings. The molecule has 0 radical (unpaired) electrons. The Hall–Kier alpha value is -4.84. The summed E-state index contributed by atoms with van der Waals surface area (Å²) < 4.78 is 22.4. The quantitative estimate of drug-likeness (QED) is 0.136. The fourth-order valence-corrected chi connectivity index (χ4v) is 4.20. The van der Waals surface area contributed by atoms with E-state index in [-0.39, 0.29) is 0 Å². The van der Waals surface area contributed by atoms with Gasteiger partial charge in [0.2, 0.25) is 0 Å². The van der Waals surface area contributed by atoms with Crippen LogP contribution in [0.3, 0.4) is 0 Å². The number of hydrogen-bond acceptors (Lipinski definition) is 6. The van der Waals surface area contributed by atoms with Gasteiger partial charge in [-0.1, -0.05) is 78.7 Å². The number of carbonyl (C=O) groups is 2. The summed E-state index contributed by atoms with van der Waals surface area (Å²) in [5.41, 5.74) is 3.12. The standard InChI is InChI=1S/C32H26O6/c1-4-22-13-18-27-28(19-22)30(38-32(34)36-24-16-11-21(3)12-17-24)26-8-6-5-7-25(26)29(27)37-31(33)35-23-14-9-20(2)10-15-23/h5-19H,4H2,1-3H3. The van der Waals surface area contributed by atoms with Gasteiger partial charge in [-0.15, -0.1) is 0 Å². The van der Waals surface area contributed by atoms with Crippen molar-refractivity contribution in [2.75, 3.05) is 0 Å². The van der Waals surface area contributed by atoms with Crippen LogP contribution >= 0.6 is 0 Å². The minimum atomic E-state index is -0.868. The Morgan fingerprint density at radius 3 is 1.47 bits per heavy atom. The Bertz CT molecular complexity index is 1640. The summed E-state index contributed by atoms with van der Waals surface area (Å²) in [6, 6.07) is 27.2. The van der Waals surface area contributed by atoms with Crippen LogP contribution in [0.2, 0.25) is 0 Å². The zero-order valence-corrected chi connectivity index (χ0v) is 21.3. The number of ether oxygens (including phenoxy) is 4. The van der Waals surface area contributed by atoms with E-state index in [4.69, 9.17) is 18.9 Å². The van der Waals surface area contributed by atoms with Crippen LogP contribution < -0.4 is 18.9 Å². The minimum Gasteiger partial charge on any atom is -0.395 e. The molecule has 0 bridgehead atoms. The molecule has 0 aromatic heterocycles. The van der Waals surface area contributed by atoms with Crippen LogP contribution in [0.5, 0.6) is 23.0 Å². The number of aryl methyl sites for hydroxylation is 3. The second-order valence-electron chi connectivity index (χ2n) is 8.97. The molecule has 0 aliphatic heterocycles. The molecule has 0 N–H and O–H groups in total. The Morgan fingerprint density at radius 2 is 1.00 bits per heavy atom. The van der Waals surface area contributed by atoms with E-state index >= 15 is 0 Å². The van der Waals surface area contributed by atoms with Crippen LogP contribution in [0, 0.1) is 13.8 Å². The molecule has 0 heterocycles. The second-order valence-corrected chi connectivity index (χ2v) is 8.97. The summed E-state index contributed by atoms with van der Waals surface area (Å²) in [6.45, 7) is 5.93. The van der Waals surface area contributed by atoms with Gasteiger partial charge >= 0.3 is 12.3 Å². The first-order valence-corrected chi connectivity index (χ1v) is 12.3. The van der Waals surface area contributed by atoms with Crippen molar-refractivity contribution in [1.82, 2.24) is 0 Å². The number of hydrogen-bond donors (Lipinski definition) is 0. The van der Waals surface area contributed by atoms with Crippen molar-refractivity contribution in [2.45, 2.75) is 27.2 Å². The smallest absolute Gasteiger partial charge is 0.395 e. The lowest BCUT2D eigenvalue weighted by Gasteiger charge is -2.17. The van der Waals surface area contributed by atoms with Gasteiger partial charge in [-0.05, 0) is 56.2 Å². The van der Waals surface area contributed by atoms with E-state index in [1.54, 1.807) is 36.4 Å². The summed E-state index contributed by atoms with van der Waals surface area (Å²) in [5, 5.41) is 2.39.